The van der Waals surface area contributed by atoms with Crippen LogP contribution in [0.4, 0.5) is 13.6 Å². The second-order valence-electron chi connectivity index (χ2n) is 16.5. The van der Waals surface area contributed by atoms with E-state index in [1.165, 1.54) is 39.2 Å². The molecule has 2 aliphatic rings. The Morgan fingerprint density at radius 3 is 1.79 bits per heavy atom. The number of halogens is 2. The van der Waals surface area contributed by atoms with Crippen molar-refractivity contribution >= 4 is 41.6 Å². The zero-order valence-corrected chi connectivity index (χ0v) is 36.4. The molecule has 5 rings (SSSR count). The van der Waals surface area contributed by atoms with E-state index in [9.17, 15) is 33.6 Å². The highest BCUT2D eigenvalue weighted by atomic mass is 19.3. The predicted molar refractivity (Wildman–Crippen MR) is 228 cm³/mol. The summed E-state index contributed by atoms with van der Waals surface area (Å²) in [6.45, 7) is 9.18. The summed E-state index contributed by atoms with van der Waals surface area (Å²) >= 11 is 0. The van der Waals surface area contributed by atoms with Gasteiger partial charge in [-0.25, -0.2) is 9.59 Å². The number of carbonyl (C=O) groups excluding carboxylic acids is 7. The molecule has 17 heteroatoms. The number of hydrogen-bond donors (Lipinski definition) is 5. The molecule has 0 bridgehead atoms. The van der Waals surface area contributed by atoms with Gasteiger partial charge in [-0.3, -0.25) is 24.0 Å². The summed E-state index contributed by atoms with van der Waals surface area (Å²) in [4.78, 5) is 94.3. The number of nitrogens with one attached hydrogen (secondary N) is 5. The van der Waals surface area contributed by atoms with E-state index in [2.05, 4.69) is 26.6 Å². The van der Waals surface area contributed by atoms with E-state index in [-0.39, 0.29) is 37.8 Å². The number of amides is 6. The lowest BCUT2D eigenvalue weighted by Crippen LogP contribution is -2.62. The van der Waals surface area contributed by atoms with E-state index in [4.69, 9.17) is 9.47 Å². The van der Waals surface area contributed by atoms with Crippen molar-refractivity contribution in [1.82, 2.24) is 31.5 Å². The molecule has 3 aromatic carbocycles. The second kappa shape index (κ2) is 20.7. The molecule has 1 heterocycles. The average Bonchev–Trinajstić information content (AvgIpc) is 3.88. The monoisotopic (exact) mass is 874 g/mol. The summed E-state index contributed by atoms with van der Waals surface area (Å²) in [5.41, 5.74) is 3.46. The fourth-order valence-electron chi connectivity index (χ4n) is 7.81. The molecule has 0 spiro atoms. The number of hydrogen-bond acceptors (Lipinski definition) is 9. The molecule has 0 radical (unpaired) electrons. The first-order chi connectivity index (χ1) is 29.9. The van der Waals surface area contributed by atoms with E-state index < -0.39 is 95.3 Å². The molecule has 3 aromatic rings. The van der Waals surface area contributed by atoms with Gasteiger partial charge in [-0.15, -0.1) is 0 Å². The van der Waals surface area contributed by atoms with Crippen molar-refractivity contribution in [1.29, 1.82) is 0 Å². The van der Waals surface area contributed by atoms with Crippen molar-refractivity contribution in [2.45, 2.75) is 102 Å². The maximum Gasteiger partial charge on any atom is 0.407 e. The first kappa shape index (κ1) is 47.7. The molecule has 15 nitrogen and oxygen atoms in total. The number of likely N-dealkylation sites (tertiary alicyclic amines) is 1. The van der Waals surface area contributed by atoms with Crippen LogP contribution in [-0.4, -0.2) is 103 Å². The molecule has 5 N–H and O–H groups in total. The fraction of sp³-hybridized carbons (Fsp3) is 0.457. The molecule has 0 unspecified atom stereocenters. The van der Waals surface area contributed by atoms with Gasteiger partial charge < -0.3 is 41.0 Å². The van der Waals surface area contributed by atoms with E-state index in [0.29, 0.717) is 0 Å². The molecule has 0 saturated carbocycles. The van der Waals surface area contributed by atoms with Crippen LogP contribution in [0.25, 0.3) is 11.1 Å². The van der Waals surface area contributed by atoms with Crippen LogP contribution in [0.1, 0.15) is 77.0 Å². The number of methoxy groups -OCH3 is 1. The van der Waals surface area contributed by atoms with Crippen molar-refractivity contribution in [3.05, 3.63) is 95.6 Å². The Bertz CT molecular complexity index is 2120. The third-order valence-electron chi connectivity index (χ3n) is 11.4. The highest BCUT2D eigenvalue weighted by Gasteiger charge is 2.51. The zero-order chi connectivity index (χ0) is 46.2. The first-order valence-electron chi connectivity index (χ1n) is 21.0. The van der Waals surface area contributed by atoms with Crippen LogP contribution in [0, 0.1) is 11.8 Å². The predicted octanol–water partition coefficient (Wildman–Crippen LogP) is 4.14. The van der Waals surface area contributed by atoms with E-state index in [1.807, 2.05) is 48.5 Å². The maximum atomic E-state index is 16.5. The Balaban J connectivity index is 1.24. The standard InChI is InChI=1S/C46H56F2N6O9/c1-25(2)36(42(58)52-37(26(3)4)44(60)62-7)51-41(57)35-22-15-23-54(35)43(59)38(46(47,48)29-16-9-8-10-17-29)53-40(56)27(5)49-39(55)28(6)50-45(61)63-24-34-32-20-13-11-18-30(32)31-19-12-14-21-33(31)34/h8-14,16-21,25-28,34-38H,15,22-24H2,1-7H3,(H,49,55)(H,50,61)(H,51,57)(H,52,58)(H,53,56)/t27-,28-,35-,36-,37-,38-/m0/s1. The van der Waals surface area contributed by atoms with Crippen molar-refractivity contribution in [2.75, 3.05) is 20.3 Å². The topological polar surface area (TPSA) is 201 Å². The minimum Gasteiger partial charge on any atom is -0.467 e. The van der Waals surface area contributed by atoms with Crippen molar-refractivity contribution in [3.63, 3.8) is 0 Å². The van der Waals surface area contributed by atoms with Crippen LogP contribution in [0.2, 0.25) is 0 Å². The van der Waals surface area contributed by atoms with Gasteiger partial charge in [-0.2, -0.15) is 8.78 Å². The Kier molecular flexibility index (Phi) is 15.6. The van der Waals surface area contributed by atoms with Gasteiger partial charge in [-0.05, 0) is 60.8 Å². The Hall–Kier alpha value is -6.39. The van der Waals surface area contributed by atoms with Gasteiger partial charge in [0.2, 0.25) is 23.6 Å². The molecular formula is C46H56F2N6O9. The lowest BCUT2D eigenvalue weighted by atomic mass is 9.98. The third kappa shape index (κ3) is 11.0. The number of esters is 1. The molecule has 0 aromatic heterocycles. The normalized spacial score (nSPS) is 17.0. The molecule has 6 atom stereocenters. The summed E-state index contributed by atoms with van der Waals surface area (Å²) in [6, 6.07) is 13.2. The van der Waals surface area contributed by atoms with Gasteiger partial charge in [0.25, 0.3) is 5.91 Å². The summed E-state index contributed by atoms with van der Waals surface area (Å²) in [5, 5.41) is 12.2. The molecule has 63 heavy (non-hydrogen) atoms. The highest BCUT2D eigenvalue weighted by Crippen LogP contribution is 2.44. The largest absolute Gasteiger partial charge is 0.467 e. The molecule has 1 aliphatic carbocycles. The van der Waals surface area contributed by atoms with Crippen LogP contribution >= 0.6 is 0 Å². The smallest absolute Gasteiger partial charge is 0.407 e. The summed E-state index contributed by atoms with van der Waals surface area (Å²) in [7, 11) is 1.18. The van der Waals surface area contributed by atoms with Crippen molar-refractivity contribution < 1.29 is 51.8 Å². The van der Waals surface area contributed by atoms with E-state index in [0.717, 1.165) is 39.3 Å². The van der Waals surface area contributed by atoms with Gasteiger partial charge in [0, 0.05) is 18.0 Å². The Morgan fingerprint density at radius 1 is 0.683 bits per heavy atom. The van der Waals surface area contributed by atoms with Gasteiger partial charge in [0.1, 0.15) is 36.8 Å². The summed E-state index contributed by atoms with van der Waals surface area (Å²) in [6.07, 6.45) is -0.576. The minimum atomic E-state index is -4.01. The summed E-state index contributed by atoms with van der Waals surface area (Å²) in [5.74, 6) is -10.5. The SMILES string of the molecule is COC(=O)[C@@H](NC(=O)[C@@H](NC(=O)[C@@H]1CCCN1C(=O)[C@H](NC(=O)[C@H](C)NC(=O)[C@H](C)NC(=O)OCC1c2ccccc2-c2ccccc21)C(F)(F)c1ccccc1)C(C)C)C(C)C. The maximum absolute atomic E-state index is 16.5. The number of ether oxygens (including phenoxy) is 2. The van der Waals surface area contributed by atoms with E-state index >= 15 is 8.78 Å². The van der Waals surface area contributed by atoms with Gasteiger partial charge >= 0.3 is 18.0 Å². The number of alkyl halides is 2. The third-order valence-corrected chi connectivity index (χ3v) is 11.4. The second-order valence-corrected chi connectivity index (χ2v) is 16.5. The van der Waals surface area contributed by atoms with Gasteiger partial charge in [0.05, 0.1) is 7.11 Å². The zero-order valence-electron chi connectivity index (χ0n) is 36.4. The molecule has 1 aliphatic heterocycles. The van der Waals surface area contributed by atoms with Crippen LogP contribution in [0.5, 0.6) is 0 Å². The number of fused-ring (bicyclic) bond motifs is 3. The fourth-order valence-corrected chi connectivity index (χ4v) is 7.81. The number of carbonyl (C=O) groups is 7. The Morgan fingerprint density at radius 2 is 1.22 bits per heavy atom. The average molecular weight is 875 g/mol. The number of alkyl carbamates (subject to hydrolysis) is 1. The molecule has 338 valence electrons. The lowest BCUT2D eigenvalue weighted by molar-refractivity contribution is -0.153. The molecule has 6 amide bonds. The lowest BCUT2D eigenvalue weighted by Gasteiger charge is -2.34. The first-order valence-corrected chi connectivity index (χ1v) is 21.0. The van der Waals surface area contributed by atoms with Crippen LogP contribution < -0.4 is 26.6 Å². The number of nitrogens with zero attached hydrogens (tertiary/aromatic N) is 1. The Labute approximate surface area is 365 Å². The number of benzene rings is 3. The minimum absolute atomic E-state index is 0.0129. The molecule has 1 saturated heterocycles. The van der Waals surface area contributed by atoms with E-state index in [1.54, 1.807) is 27.7 Å². The van der Waals surface area contributed by atoms with Crippen LogP contribution in [0.15, 0.2) is 78.9 Å². The van der Waals surface area contributed by atoms with Crippen LogP contribution in [0.3, 0.4) is 0 Å². The molecule has 1 fully saturated rings. The number of rotatable bonds is 17. The van der Waals surface area contributed by atoms with Crippen molar-refractivity contribution in [3.8, 4) is 11.1 Å². The van der Waals surface area contributed by atoms with Gasteiger partial charge in [-0.1, -0.05) is 107 Å². The highest BCUT2D eigenvalue weighted by molar-refractivity contribution is 5.97. The van der Waals surface area contributed by atoms with Gasteiger partial charge in [0.15, 0.2) is 6.04 Å². The van der Waals surface area contributed by atoms with Crippen molar-refractivity contribution in [2.24, 2.45) is 11.8 Å². The van der Waals surface area contributed by atoms with Crippen LogP contribution in [-0.2, 0) is 44.2 Å². The quantitative estimate of drug-likeness (QED) is 0.124. The summed E-state index contributed by atoms with van der Waals surface area (Å²) < 4.78 is 43.3. The molecular weight excluding hydrogens is 819 g/mol.